The summed E-state index contributed by atoms with van der Waals surface area (Å²) < 4.78 is 13.4. The Bertz CT molecular complexity index is 553. The summed E-state index contributed by atoms with van der Waals surface area (Å²) in [6, 6.07) is 9.12. The first kappa shape index (κ1) is 14.0. The molecule has 0 unspecified atom stereocenters. The molecule has 0 radical (unpaired) electrons. The van der Waals surface area contributed by atoms with Gasteiger partial charge in [-0.3, -0.25) is 0 Å². The molecule has 2 nitrogen and oxygen atoms in total. The minimum Gasteiger partial charge on any atom is -0.362 e. The molecule has 2 N–H and O–H groups in total. The van der Waals surface area contributed by atoms with E-state index in [1.165, 1.54) is 10.9 Å². The fourth-order valence-electron chi connectivity index (χ4n) is 1.60. The van der Waals surface area contributed by atoms with E-state index in [1.807, 2.05) is 12.1 Å². The van der Waals surface area contributed by atoms with Crippen LogP contribution in [-0.4, -0.2) is 11.7 Å². The van der Waals surface area contributed by atoms with Gasteiger partial charge in [0.2, 0.25) is 0 Å². The quantitative estimate of drug-likeness (QED) is 0.840. The van der Waals surface area contributed by atoms with Crippen molar-refractivity contribution in [1.82, 2.24) is 5.32 Å². The second-order valence-electron chi connectivity index (χ2n) is 4.17. The number of anilines is 1. The van der Waals surface area contributed by atoms with Crippen LogP contribution >= 0.6 is 23.6 Å². The van der Waals surface area contributed by atoms with Crippen LogP contribution in [0, 0.1) is 12.7 Å². The van der Waals surface area contributed by atoms with Crippen molar-refractivity contribution in [2.24, 2.45) is 0 Å². The topological polar surface area (TPSA) is 24.1 Å². The highest BCUT2D eigenvalue weighted by molar-refractivity contribution is 7.80. The molecule has 0 aliphatic heterocycles. The minimum atomic E-state index is -0.230. The largest absolute Gasteiger partial charge is 0.362 e. The van der Waals surface area contributed by atoms with E-state index >= 15 is 0 Å². The first-order chi connectivity index (χ1) is 9.15. The smallest absolute Gasteiger partial charge is 0.170 e. The molecule has 1 heterocycles. The molecule has 0 spiro atoms. The van der Waals surface area contributed by atoms with Crippen LogP contribution in [-0.2, 0) is 6.42 Å². The summed E-state index contributed by atoms with van der Waals surface area (Å²) in [7, 11) is 0. The second-order valence-corrected chi connectivity index (χ2v) is 5.61. The van der Waals surface area contributed by atoms with Crippen molar-refractivity contribution < 1.29 is 4.39 Å². The lowest BCUT2D eigenvalue weighted by Crippen LogP contribution is -2.30. The third-order valence-corrected chi connectivity index (χ3v) is 3.85. The van der Waals surface area contributed by atoms with Gasteiger partial charge in [-0.15, -0.1) is 11.3 Å². The van der Waals surface area contributed by atoms with Crippen molar-refractivity contribution in [3.63, 3.8) is 0 Å². The molecule has 0 atom stereocenters. The number of aryl methyl sites for hydroxylation is 1. The molecule has 0 bridgehead atoms. The van der Waals surface area contributed by atoms with E-state index < -0.39 is 0 Å². The Morgan fingerprint density at radius 3 is 2.89 bits per heavy atom. The van der Waals surface area contributed by atoms with Gasteiger partial charge in [-0.2, -0.15) is 0 Å². The summed E-state index contributed by atoms with van der Waals surface area (Å²) in [5.41, 5.74) is 1.29. The Morgan fingerprint density at radius 1 is 1.37 bits per heavy atom. The van der Waals surface area contributed by atoms with Crippen LogP contribution in [0.25, 0.3) is 0 Å². The molecule has 0 aliphatic rings. The molecule has 2 rings (SSSR count). The van der Waals surface area contributed by atoms with Gasteiger partial charge in [0.1, 0.15) is 5.82 Å². The number of benzene rings is 1. The Balaban J connectivity index is 1.79. The number of halogens is 1. The Kier molecular flexibility index (Phi) is 4.87. The predicted molar refractivity (Wildman–Crippen MR) is 83.4 cm³/mol. The summed E-state index contributed by atoms with van der Waals surface area (Å²) in [5.74, 6) is -0.230. The van der Waals surface area contributed by atoms with Gasteiger partial charge in [-0.25, -0.2) is 4.39 Å². The Hall–Kier alpha value is -1.46. The van der Waals surface area contributed by atoms with Crippen molar-refractivity contribution in [3.05, 3.63) is 52.0 Å². The summed E-state index contributed by atoms with van der Waals surface area (Å²) in [6.07, 6.45) is 0.932. The molecule has 5 heteroatoms. The number of thiophene rings is 1. The molecule has 0 saturated carbocycles. The Labute approximate surface area is 121 Å². The van der Waals surface area contributed by atoms with E-state index in [0.717, 1.165) is 13.0 Å². The number of thiocarbonyl (C=S) groups is 1. The molecule has 0 amide bonds. The third kappa shape index (κ3) is 4.29. The summed E-state index contributed by atoms with van der Waals surface area (Å²) in [6.45, 7) is 2.50. The van der Waals surface area contributed by atoms with Gasteiger partial charge < -0.3 is 10.6 Å². The lowest BCUT2D eigenvalue weighted by atomic mass is 10.2. The lowest BCUT2D eigenvalue weighted by Gasteiger charge is -2.10. The van der Waals surface area contributed by atoms with Crippen LogP contribution < -0.4 is 10.6 Å². The molecule has 0 fully saturated rings. The van der Waals surface area contributed by atoms with Crippen LogP contribution in [0.1, 0.15) is 10.4 Å². The van der Waals surface area contributed by atoms with Crippen molar-refractivity contribution in [2.75, 3.05) is 11.9 Å². The number of hydrogen-bond acceptors (Lipinski definition) is 2. The molecule has 1 aromatic heterocycles. The van der Waals surface area contributed by atoms with Gasteiger partial charge in [0.25, 0.3) is 0 Å². The summed E-state index contributed by atoms with van der Waals surface area (Å²) in [4.78, 5) is 1.32. The molecule has 2 aromatic rings. The summed E-state index contributed by atoms with van der Waals surface area (Å²) >= 11 is 6.89. The zero-order chi connectivity index (χ0) is 13.7. The average Bonchev–Trinajstić information content (AvgIpc) is 2.87. The van der Waals surface area contributed by atoms with Crippen LogP contribution in [0.2, 0.25) is 0 Å². The van der Waals surface area contributed by atoms with Crippen LogP contribution in [0.3, 0.4) is 0 Å². The molecule has 100 valence electrons. The minimum absolute atomic E-state index is 0.230. The van der Waals surface area contributed by atoms with Crippen LogP contribution in [0.15, 0.2) is 35.7 Å². The zero-order valence-electron chi connectivity index (χ0n) is 10.6. The SMILES string of the molecule is Cc1ccc(NC(=S)NCCc2cccs2)cc1F. The number of nitrogens with one attached hydrogen (secondary N) is 2. The van der Waals surface area contributed by atoms with Crippen LogP contribution in [0.4, 0.5) is 10.1 Å². The van der Waals surface area contributed by atoms with Crippen molar-refractivity contribution in [2.45, 2.75) is 13.3 Å². The molecular formula is C14H15FN2S2. The standard InChI is InChI=1S/C14H15FN2S2/c1-10-4-5-11(9-13(10)15)17-14(18)16-7-6-12-3-2-8-19-12/h2-5,8-9H,6-7H2,1H3,(H2,16,17,18). The van der Waals surface area contributed by atoms with Gasteiger partial charge in [0.15, 0.2) is 5.11 Å². The molecule has 0 saturated heterocycles. The van der Waals surface area contributed by atoms with E-state index in [2.05, 4.69) is 22.1 Å². The van der Waals surface area contributed by atoms with Gasteiger partial charge >= 0.3 is 0 Å². The maximum absolute atomic E-state index is 13.4. The van der Waals surface area contributed by atoms with Crippen LogP contribution in [0.5, 0.6) is 0 Å². The van der Waals surface area contributed by atoms with Crippen molar-refractivity contribution in [3.8, 4) is 0 Å². The molecule has 0 aliphatic carbocycles. The number of rotatable bonds is 4. The zero-order valence-corrected chi connectivity index (χ0v) is 12.2. The Morgan fingerprint density at radius 2 is 2.21 bits per heavy atom. The first-order valence-electron chi connectivity index (χ1n) is 5.98. The van der Waals surface area contributed by atoms with E-state index in [1.54, 1.807) is 24.3 Å². The molecule has 1 aromatic carbocycles. The second kappa shape index (κ2) is 6.63. The van der Waals surface area contributed by atoms with E-state index in [0.29, 0.717) is 16.4 Å². The van der Waals surface area contributed by atoms with E-state index in [4.69, 9.17) is 12.2 Å². The fraction of sp³-hybridized carbons (Fsp3) is 0.214. The predicted octanol–water partition coefficient (Wildman–Crippen LogP) is 3.72. The average molecular weight is 294 g/mol. The summed E-state index contributed by atoms with van der Waals surface area (Å²) in [5, 5.41) is 8.65. The van der Waals surface area contributed by atoms with Gasteiger partial charge in [0.05, 0.1) is 0 Å². The maximum atomic E-state index is 13.4. The highest BCUT2D eigenvalue weighted by Crippen LogP contribution is 2.13. The van der Waals surface area contributed by atoms with Gasteiger partial charge in [0, 0.05) is 17.1 Å². The fourth-order valence-corrected chi connectivity index (χ4v) is 2.53. The lowest BCUT2D eigenvalue weighted by molar-refractivity contribution is 0.619. The third-order valence-electron chi connectivity index (χ3n) is 2.67. The van der Waals surface area contributed by atoms with Gasteiger partial charge in [-0.1, -0.05) is 12.1 Å². The normalized spacial score (nSPS) is 10.2. The highest BCUT2D eigenvalue weighted by atomic mass is 32.1. The highest BCUT2D eigenvalue weighted by Gasteiger charge is 2.01. The van der Waals surface area contributed by atoms with Gasteiger partial charge in [-0.05, 0) is 54.7 Å². The van der Waals surface area contributed by atoms with E-state index in [-0.39, 0.29) is 5.82 Å². The molecule has 19 heavy (non-hydrogen) atoms. The first-order valence-corrected chi connectivity index (χ1v) is 7.27. The number of hydrogen-bond donors (Lipinski definition) is 2. The monoisotopic (exact) mass is 294 g/mol. The van der Waals surface area contributed by atoms with Crippen molar-refractivity contribution >= 4 is 34.4 Å². The van der Waals surface area contributed by atoms with Crippen molar-refractivity contribution in [1.29, 1.82) is 0 Å². The maximum Gasteiger partial charge on any atom is 0.170 e. The molecular weight excluding hydrogens is 279 g/mol. The van der Waals surface area contributed by atoms with E-state index in [9.17, 15) is 4.39 Å².